The maximum atomic E-state index is 13.0. The van der Waals surface area contributed by atoms with Gasteiger partial charge in [0.1, 0.15) is 12.3 Å². The van der Waals surface area contributed by atoms with Gasteiger partial charge in [-0.05, 0) is 37.5 Å². The quantitative estimate of drug-likeness (QED) is 0.474. The zero-order valence-electron chi connectivity index (χ0n) is 19.0. The SMILES string of the molecule is CCOc1ccccc1N1C(=O)C(=O)N(CC(=O)NCC2(c3ccccc3)CCOCC2)C1=O. The lowest BCUT2D eigenvalue weighted by Gasteiger charge is -2.38. The summed E-state index contributed by atoms with van der Waals surface area (Å²) in [4.78, 5) is 52.4. The van der Waals surface area contributed by atoms with Gasteiger partial charge in [-0.15, -0.1) is 0 Å². The molecule has 2 aromatic carbocycles. The average Bonchev–Trinajstić information content (AvgIpc) is 3.07. The van der Waals surface area contributed by atoms with Crippen LogP contribution in [0, 0.1) is 0 Å². The van der Waals surface area contributed by atoms with Gasteiger partial charge in [0.2, 0.25) is 5.91 Å². The first-order chi connectivity index (χ1) is 16.5. The summed E-state index contributed by atoms with van der Waals surface area (Å²) in [6.07, 6.45) is 1.47. The highest BCUT2D eigenvalue weighted by Crippen LogP contribution is 2.34. The molecule has 9 heteroatoms. The Kier molecular flexibility index (Phi) is 6.93. The third-order valence-electron chi connectivity index (χ3n) is 6.22. The summed E-state index contributed by atoms with van der Waals surface area (Å²) in [5.41, 5.74) is 0.966. The largest absolute Gasteiger partial charge is 0.492 e. The van der Waals surface area contributed by atoms with Crippen LogP contribution < -0.4 is 15.0 Å². The van der Waals surface area contributed by atoms with E-state index in [9.17, 15) is 19.2 Å². The van der Waals surface area contributed by atoms with Crippen molar-refractivity contribution in [2.24, 2.45) is 0 Å². The van der Waals surface area contributed by atoms with Crippen LogP contribution in [0.5, 0.6) is 5.75 Å². The van der Waals surface area contributed by atoms with Gasteiger partial charge >= 0.3 is 17.8 Å². The Morgan fingerprint density at radius 1 is 1.00 bits per heavy atom. The fourth-order valence-corrected chi connectivity index (χ4v) is 4.37. The number of hydrogen-bond acceptors (Lipinski definition) is 6. The Labute approximate surface area is 197 Å². The van der Waals surface area contributed by atoms with Crippen LogP contribution in [0.25, 0.3) is 0 Å². The predicted octanol–water partition coefficient (Wildman–Crippen LogP) is 2.25. The van der Waals surface area contributed by atoms with Crippen LogP contribution in [0.4, 0.5) is 10.5 Å². The number of urea groups is 1. The minimum atomic E-state index is -1.05. The van der Waals surface area contributed by atoms with Crippen LogP contribution in [-0.4, -0.2) is 61.6 Å². The zero-order valence-corrected chi connectivity index (χ0v) is 19.0. The van der Waals surface area contributed by atoms with Crippen molar-refractivity contribution in [3.05, 3.63) is 60.2 Å². The molecular weight excluding hydrogens is 438 g/mol. The first-order valence-electron chi connectivity index (χ1n) is 11.3. The lowest BCUT2D eigenvalue weighted by atomic mass is 9.74. The summed E-state index contributed by atoms with van der Waals surface area (Å²) in [5.74, 6) is -2.28. The van der Waals surface area contributed by atoms with Crippen molar-refractivity contribution in [3.63, 3.8) is 0 Å². The van der Waals surface area contributed by atoms with Crippen LogP contribution in [0.15, 0.2) is 54.6 Å². The van der Waals surface area contributed by atoms with E-state index in [0.29, 0.717) is 37.0 Å². The first kappa shape index (κ1) is 23.4. The zero-order chi connectivity index (χ0) is 24.1. The Morgan fingerprint density at radius 2 is 1.68 bits per heavy atom. The molecule has 0 unspecified atom stereocenters. The van der Waals surface area contributed by atoms with Crippen molar-refractivity contribution in [2.75, 3.05) is 37.8 Å². The van der Waals surface area contributed by atoms with Gasteiger partial charge in [-0.2, -0.15) is 0 Å². The van der Waals surface area contributed by atoms with Crippen LogP contribution in [0.1, 0.15) is 25.3 Å². The highest BCUT2D eigenvalue weighted by Gasteiger charge is 2.47. The molecule has 0 aliphatic carbocycles. The van der Waals surface area contributed by atoms with Crippen molar-refractivity contribution in [3.8, 4) is 5.75 Å². The van der Waals surface area contributed by atoms with Gasteiger partial charge in [0, 0.05) is 25.2 Å². The molecule has 34 heavy (non-hydrogen) atoms. The number of nitrogens with one attached hydrogen (secondary N) is 1. The summed E-state index contributed by atoms with van der Waals surface area (Å²) < 4.78 is 11.0. The Balaban J connectivity index is 1.46. The molecule has 0 radical (unpaired) electrons. The first-order valence-corrected chi connectivity index (χ1v) is 11.3. The molecule has 0 atom stereocenters. The molecule has 2 aliphatic heterocycles. The van der Waals surface area contributed by atoms with Crippen molar-refractivity contribution >= 4 is 29.4 Å². The highest BCUT2D eigenvalue weighted by molar-refractivity contribution is 6.53. The Hall–Kier alpha value is -3.72. The summed E-state index contributed by atoms with van der Waals surface area (Å²) in [6, 6.07) is 15.5. The van der Waals surface area contributed by atoms with Crippen molar-refractivity contribution < 1.29 is 28.7 Å². The number of rotatable bonds is 8. The smallest absolute Gasteiger partial charge is 0.339 e. The van der Waals surface area contributed by atoms with E-state index >= 15 is 0 Å². The van der Waals surface area contributed by atoms with Crippen LogP contribution in [-0.2, 0) is 24.5 Å². The lowest BCUT2D eigenvalue weighted by molar-refractivity contribution is -0.140. The second-order valence-corrected chi connectivity index (χ2v) is 8.25. The summed E-state index contributed by atoms with van der Waals surface area (Å²) in [7, 11) is 0. The predicted molar refractivity (Wildman–Crippen MR) is 123 cm³/mol. The topological polar surface area (TPSA) is 105 Å². The molecule has 2 heterocycles. The third-order valence-corrected chi connectivity index (χ3v) is 6.22. The number of carbonyl (C=O) groups is 4. The van der Waals surface area contributed by atoms with E-state index in [-0.39, 0.29) is 11.1 Å². The second-order valence-electron chi connectivity index (χ2n) is 8.25. The van der Waals surface area contributed by atoms with E-state index in [2.05, 4.69) is 5.32 Å². The van der Waals surface area contributed by atoms with Crippen LogP contribution in [0.3, 0.4) is 0 Å². The molecular formula is C25H27N3O6. The van der Waals surface area contributed by atoms with Gasteiger partial charge < -0.3 is 14.8 Å². The molecule has 178 valence electrons. The summed E-state index contributed by atoms with van der Waals surface area (Å²) in [6.45, 7) is 3.04. The Morgan fingerprint density at radius 3 is 2.38 bits per heavy atom. The maximum absolute atomic E-state index is 13.0. The summed E-state index contributed by atoms with van der Waals surface area (Å²) >= 11 is 0. The number of ether oxygens (including phenoxy) is 2. The molecule has 2 fully saturated rings. The van der Waals surface area contributed by atoms with Crippen molar-refractivity contribution in [1.82, 2.24) is 10.2 Å². The lowest BCUT2D eigenvalue weighted by Crippen LogP contribution is -2.48. The van der Waals surface area contributed by atoms with E-state index in [1.54, 1.807) is 25.1 Å². The number of imide groups is 2. The van der Waals surface area contributed by atoms with Crippen LogP contribution >= 0.6 is 0 Å². The number of benzene rings is 2. The fraction of sp³-hybridized carbons (Fsp3) is 0.360. The molecule has 0 aromatic heterocycles. The van der Waals surface area contributed by atoms with Gasteiger partial charge in [-0.3, -0.25) is 14.4 Å². The van der Waals surface area contributed by atoms with Gasteiger partial charge in [0.05, 0.1) is 12.3 Å². The third kappa shape index (κ3) is 4.51. The number of anilines is 1. The number of amides is 5. The molecule has 0 saturated carbocycles. The minimum absolute atomic E-state index is 0.167. The van der Waals surface area contributed by atoms with E-state index in [1.807, 2.05) is 30.3 Å². The molecule has 9 nitrogen and oxygen atoms in total. The van der Waals surface area contributed by atoms with Gasteiger partial charge in [0.25, 0.3) is 0 Å². The minimum Gasteiger partial charge on any atom is -0.492 e. The molecule has 2 aromatic rings. The summed E-state index contributed by atoms with van der Waals surface area (Å²) in [5, 5.41) is 2.87. The maximum Gasteiger partial charge on any atom is 0.339 e. The second kappa shape index (κ2) is 10.0. The molecule has 4 rings (SSSR count). The molecule has 5 amide bonds. The van der Waals surface area contributed by atoms with E-state index < -0.39 is 30.3 Å². The number of nitrogens with zero attached hydrogens (tertiary/aromatic N) is 2. The Bertz CT molecular complexity index is 1080. The number of carbonyl (C=O) groups excluding carboxylic acids is 4. The molecule has 2 saturated heterocycles. The van der Waals surface area contributed by atoms with Gasteiger partial charge in [-0.25, -0.2) is 14.6 Å². The van der Waals surface area contributed by atoms with E-state index in [1.165, 1.54) is 6.07 Å². The van der Waals surface area contributed by atoms with Crippen LogP contribution in [0.2, 0.25) is 0 Å². The monoisotopic (exact) mass is 465 g/mol. The number of hydrogen-bond donors (Lipinski definition) is 1. The van der Waals surface area contributed by atoms with Crippen molar-refractivity contribution in [1.29, 1.82) is 0 Å². The fourth-order valence-electron chi connectivity index (χ4n) is 4.37. The van der Waals surface area contributed by atoms with Gasteiger partial charge in [-0.1, -0.05) is 42.5 Å². The molecule has 0 bridgehead atoms. The van der Waals surface area contributed by atoms with Gasteiger partial charge in [0.15, 0.2) is 0 Å². The molecule has 2 aliphatic rings. The normalized spacial score (nSPS) is 17.7. The molecule has 1 N–H and O–H groups in total. The van der Waals surface area contributed by atoms with Crippen molar-refractivity contribution in [2.45, 2.75) is 25.2 Å². The number of para-hydroxylation sites is 2. The standard InChI is InChI=1S/C25H27N3O6/c1-2-34-20-11-7-6-10-19(20)28-23(31)22(30)27(24(28)32)16-21(29)26-17-25(12-14-33-15-13-25)18-8-4-3-5-9-18/h3-11H,2,12-17H2,1H3,(H,26,29). The average molecular weight is 466 g/mol. The molecule has 0 spiro atoms. The van der Waals surface area contributed by atoms with E-state index in [0.717, 1.165) is 23.3 Å². The highest BCUT2D eigenvalue weighted by atomic mass is 16.5. The van der Waals surface area contributed by atoms with E-state index in [4.69, 9.17) is 9.47 Å².